The van der Waals surface area contributed by atoms with Crippen LogP contribution >= 0.6 is 0 Å². The quantitative estimate of drug-likeness (QED) is 0.568. The molecular weight excluding hydrogens is 166 g/mol. The highest BCUT2D eigenvalue weighted by Crippen LogP contribution is 2.33. The average molecular weight is 187 g/mol. The smallest absolute Gasteiger partial charge is 0.0633 e. The van der Waals surface area contributed by atoms with E-state index in [0.29, 0.717) is 6.04 Å². The first kappa shape index (κ1) is 11.0. The molecule has 0 spiro atoms. The van der Waals surface area contributed by atoms with Gasteiger partial charge in [-0.05, 0) is 26.2 Å². The van der Waals surface area contributed by atoms with Crippen LogP contribution in [0.3, 0.4) is 0 Å². The van der Waals surface area contributed by atoms with Crippen LogP contribution in [0.15, 0.2) is 0 Å². The van der Waals surface area contributed by atoms with Gasteiger partial charge >= 0.3 is 0 Å². The van der Waals surface area contributed by atoms with E-state index < -0.39 is 5.54 Å². The van der Waals surface area contributed by atoms with Crippen molar-refractivity contribution in [1.82, 2.24) is 5.32 Å². The van der Waals surface area contributed by atoms with Crippen LogP contribution < -0.4 is 5.32 Å². The first-order valence-electron chi connectivity index (χ1n) is 5.09. The molecule has 0 amide bonds. The van der Waals surface area contributed by atoms with Crippen molar-refractivity contribution in [2.45, 2.75) is 44.7 Å². The molecule has 78 valence electrons. The molecule has 1 fully saturated rings. The summed E-state index contributed by atoms with van der Waals surface area (Å²) in [6.45, 7) is 3.93. The molecule has 0 bridgehead atoms. The summed E-state index contributed by atoms with van der Waals surface area (Å²) in [5.41, 5.74) is -0.520. The maximum Gasteiger partial charge on any atom is 0.0633 e. The molecule has 3 N–H and O–H groups in total. The summed E-state index contributed by atoms with van der Waals surface area (Å²) in [5, 5.41) is 21.4. The van der Waals surface area contributed by atoms with Crippen LogP contribution in [0.2, 0.25) is 0 Å². The molecule has 0 aromatic heterocycles. The Morgan fingerprint density at radius 3 is 2.31 bits per heavy atom. The summed E-state index contributed by atoms with van der Waals surface area (Å²) < 4.78 is 0. The van der Waals surface area contributed by atoms with E-state index in [-0.39, 0.29) is 13.2 Å². The maximum atomic E-state index is 9.06. The Bertz CT molecular complexity index is 153. The van der Waals surface area contributed by atoms with E-state index in [9.17, 15) is 0 Å². The van der Waals surface area contributed by atoms with Crippen LogP contribution in [0, 0.1) is 5.92 Å². The number of hydrogen-bond donors (Lipinski definition) is 3. The molecule has 0 heterocycles. The van der Waals surface area contributed by atoms with Gasteiger partial charge in [0.05, 0.1) is 18.8 Å². The minimum atomic E-state index is -0.520. The molecular formula is C10H21NO2. The molecule has 13 heavy (non-hydrogen) atoms. The summed E-state index contributed by atoms with van der Waals surface area (Å²) in [7, 11) is 0. The van der Waals surface area contributed by atoms with Crippen LogP contribution in [-0.4, -0.2) is 35.0 Å². The molecule has 1 rings (SSSR count). The van der Waals surface area contributed by atoms with E-state index in [1.807, 2.05) is 6.92 Å². The molecule has 0 saturated heterocycles. The van der Waals surface area contributed by atoms with Gasteiger partial charge in [-0.1, -0.05) is 12.8 Å². The van der Waals surface area contributed by atoms with E-state index in [1.54, 1.807) is 0 Å². The van der Waals surface area contributed by atoms with Crippen LogP contribution in [0.1, 0.15) is 33.1 Å². The van der Waals surface area contributed by atoms with E-state index in [1.165, 1.54) is 12.8 Å². The Hall–Kier alpha value is -0.120. The zero-order chi connectivity index (χ0) is 9.90. The Morgan fingerprint density at radius 1 is 1.38 bits per heavy atom. The second kappa shape index (κ2) is 4.40. The number of aliphatic hydroxyl groups excluding tert-OH is 2. The van der Waals surface area contributed by atoms with Crippen molar-refractivity contribution in [3.05, 3.63) is 0 Å². The highest BCUT2D eigenvalue weighted by Gasteiger charge is 2.28. The predicted octanol–water partition coefficient (Wildman–Crippen LogP) is 0.508. The van der Waals surface area contributed by atoms with Gasteiger partial charge in [0, 0.05) is 6.04 Å². The largest absolute Gasteiger partial charge is 0.394 e. The fourth-order valence-corrected chi connectivity index (χ4v) is 1.65. The van der Waals surface area contributed by atoms with Crippen molar-refractivity contribution in [1.29, 1.82) is 0 Å². The molecule has 1 atom stereocenters. The van der Waals surface area contributed by atoms with Gasteiger partial charge in [-0.15, -0.1) is 0 Å². The zero-order valence-corrected chi connectivity index (χ0v) is 8.58. The van der Waals surface area contributed by atoms with Crippen molar-refractivity contribution in [3.8, 4) is 0 Å². The van der Waals surface area contributed by atoms with E-state index >= 15 is 0 Å². The molecule has 0 aromatic carbocycles. The third kappa shape index (κ3) is 3.63. The van der Waals surface area contributed by atoms with E-state index in [4.69, 9.17) is 10.2 Å². The van der Waals surface area contributed by atoms with Crippen molar-refractivity contribution >= 4 is 0 Å². The summed E-state index contributed by atoms with van der Waals surface area (Å²) in [6, 6.07) is 0.386. The minimum Gasteiger partial charge on any atom is -0.394 e. The van der Waals surface area contributed by atoms with Gasteiger partial charge in [-0.25, -0.2) is 0 Å². The fraction of sp³-hybridized carbons (Fsp3) is 1.00. The Kier molecular flexibility index (Phi) is 3.71. The third-order valence-electron chi connectivity index (χ3n) is 2.68. The van der Waals surface area contributed by atoms with Gasteiger partial charge < -0.3 is 15.5 Å². The Labute approximate surface area is 80.2 Å². The molecule has 0 radical (unpaired) electrons. The summed E-state index contributed by atoms with van der Waals surface area (Å²) in [6.07, 6.45) is 3.86. The predicted molar refractivity (Wildman–Crippen MR) is 52.5 cm³/mol. The number of nitrogens with one attached hydrogen (secondary N) is 1. The standard InChI is InChI=1S/C10H21NO2/c1-8(5-9-3-4-9)11-10(2,6-12)7-13/h8-9,11-13H,3-7H2,1-2H3. The molecule has 0 aliphatic heterocycles. The second-order valence-electron chi connectivity index (χ2n) is 4.60. The second-order valence-corrected chi connectivity index (χ2v) is 4.60. The van der Waals surface area contributed by atoms with Crippen LogP contribution in [0.4, 0.5) is 0 Å². The van der Waals surface area contributed by atoms with Gasteiger partial charge in [0.1, 0.15) is 0 Å². The van der Waals surface area contributed by atoms with Crippen LogP contribution in [0.25, 0.3) is 0 Å². The van der Waals surface area contributed by atoms with E-state index in [0.717, 1.165) is 12.3 Å². The van der Waals surface area contributed by atoms with Crippen molar-refractivity contribution in [3.63, 3.8) is 0 Å². The maximum absolute atomic E-state index is 9.06. The fourth-order valence-electron chi connectivity index (χ4n) is 1.65. The molecule has 1 unspecified atom stereocenters. The monoisotopic (exact) mass is 187 g/mol. The van der Waals surface area contributed by atoms with Crippen molar-refractivity contribution in [2.75, 3.05) is 13.2 Å². The number of aliphatic hydroxyl groups is 2. The van der Waals surface area contributed by atoms with Gasteiger partial charge in [-0.2, -0.15) is 0 Å². The van der Waals surface area contributed by atoms with Crippen LogP contribution in [0.5, 0.6) is 0 Å². The third-order valence-corrected chi connectivity index (χ3v) is 2.68. The normalized spacial score (nSPS) is 20.3. The molecule has 1 aliphatic carbocycles. The molecule has 1 aliphatic rings. The SMILES string of the molecule is CC(CC1CC1)NC(C)(CO)CO. The Morgan fingerprint density at radius 2 is 1.92 bits per heavy atom. The van der Waals surface area contributed by atoms with Gasteiger partial charge in [0.2, 0.25) is 0 Å². The average Bonchev–Trinajstić information content (AvgIpc) is 2.88. The summed E-state index contributed by atoms with van der Waals surface area (Å²) in [5.74, 6) is 0.879. The van der Waals surface area contributed by atoms with Gasteiger partial charge in [0.25, 0.3) is 0 Å². The lowest BCUT2D eigenvalue weighted by atomic mass is 10.0. The Balaban J connectivity index is 2.26. The number of hydrogen-bond acceptors (Lipinski definition) is 3. The van der Waals surface area contributed by atoms with Gasteiger partial charge in [-0.3, -0.25) is 0 Å². The van der Waals surface area contributed by atoms with Crippen molar-refractivity contribution in [2.24, 2.45) is 5.92 Å². The lowest BCUT2D eigenvalue weighted by molar-refractivity contribution is 0.0940. The molecule has 3 nitrogen and oxygen atoms in total. The molecule has 1 saturated carbocycles. The lowest BCUT2D eigenvalue weighted by Gasteiger charge is -2.30. The minimum absolute atomic E-state index is 0.0154. The number of rotatable bonds is 6. The molecule has 3 heteroatoms. The van der Waals surface area contributed by atoms with Crippen LogP contribution in [-0.2, 0) is 0 Å². The topological polar surface area (TPSA) is 52.5 Å². The van der Waals surface area contributed by atoms with Crippen molar-refractivity contribution < 1.29 is 10.2 Å². The lowest BCUT2D eigenvalue weighted by Crippen LogP contribution is -2.52. The highest BCUT2D eigenvalue weighted by atomic mass is 16.3. The summed E-state index contributed by atoms with van der Waals surface area (Å²) in [4.78, 5) is 0. The summed E-state index contributed by atoms with van der Waals surface area (Å²) >= 11 is 0. The molecule has 0 aromatic rings. The first-order valence-corrected chi connectivity index (χ1v) is 5.09. The first-order chi connectivity index (χ1) is 6.09. The zero-order valence-electron chi connectivity index (χ0n) is 8.58. The van der Waals surface area contributed by atoms with E-state index in [2.05, 4.69) is 12.2 Å². The highest BCUT2D eigenvalue weighted by molar-refractivity contribution is 4.86. The van der Waals surface area contributed by atoms with Gasteiger partial charge in [0.15, 0.2) is 0 Å².